The van der Waals surface area contributed by atoms with Crippen LogP contribution in [0.15, 0.2) is 4.99 Å². The molecule has 1 atom stereocenters. The van der Waals surface area contributed by atoms with Gasteiger partial charge in [0.05, 0.1) is 7.11 Å². The summed E-state index contributed by atoms with van der Waals surface area (Å²) in [6, 6.07) is 0.417. The molecule has 22 heavy (non-hydrogen) atoms. The van der Waals surface area contributed by atoms with Crippen molar-refractivity contribution in [3.05, 3.63) is 0 Å². The van der Waals surface area contributed by atoms with Gasteiger partial charge in [-0.2, -0.15) is 0 Å². The molecule has 0 aromatic heterocycles. The zero-order valence-electron chi connectivity index (χ0n) is 14.8. The van der Waals surface area contributed by atoms with Gasteiger partial charge in [0.25, 0.3) is 0 Å². The number of unbranched alkanes of at least 4 members (excludes halogenated alkanes) is 1. The Balaban J connectivity index is 0. The summed E-state index contributed by atoms with van der Waals surface area (Å²) in [4.78, 5) is 15.5. The predicted octanol–water partition coefficient (Wildman–Crippen LogP) is 3.33. The molecule has 0 spiro atoms. The van der Waals surface area contributed by atoms with Crippen molar-refractivity contribution in [3.63, 3.8) is 0 Å². The number of nitrogens with one attached hydrogen (secondary N) is 2. The monoisotopic (exact) mass is 427 g/mol. The third kappa shape index (κ3) is 14.4. The molecule has 0 aromatic rings. The van der Waals surface area contributed by atoms with Gasteiger partial charge in [-0.1, -0.05) is 13.8 Å². The number of hydrogen-bond donors (Lipinski definition) is 2. The molecule has 0 aliphatic rings. The van der Waals surface area contributed by atoms with E-state index in [-0.39, 0.29) is 29.9 Å². The van der Waals surface area contributed by atoms with Crippen molar-refractivity contribution in [2.24, 2.45) is 10.9 Å². The Morgan fingerprint density at radius 2 is 1.86 bits per heavy atom. The maximum absolute atomic E-state index is 11.0. The molecule has 0 bridgehead atoms. The van der Waals surface area contributed by atoms with Crippen LogP contribution in [-0.2, 0) is 9.53 Å². The minimum Gasteiger partial charge on any atom is -0.469 e. The lowest BCUT2D eigenvalue weighted by molar-refractivity contribution is -0.140. The molecule has 0 aliphatic heterocycles. The second-order valence-corrected chi connectivity index (χ2v) is 5.81. The fourth-order valence-electron chi connectivity index (χ4n) is 1.88. The third-order valence-electron chi connectivity index (χ3n) is 3.19. The van der Waals surface area contributed by atoms with Crippen molar-refractivity contribution < 1.29 is 9.53 Å². The van der Waals surface area contributed by atoms with Crippen molar-refractivity contribution in [1.82, 2.24) is 10.6 Å². The highest BCUT2D eigenvalue weighted by molar-refractivity contribution is 14.0. The smallest absolute Gasteiger partial charge is 0.305 e. The number of aliphatic imine (C=N–C) groups is 1. The molecule has 0 aromatic carbocycles. The molecule has 2 N–H and O–H groups in total. The molecule has 0 saturated heterocycles. The minimum absolute atomic E-state index is 0. The van der Waals surface area contributed by atoms with E-state index < -0.39 is 0 Å². The Kier molecular flexibility index (Phi) is 16.6. The van der Waals surface area contributed by atoms with E-state index in [1.54, 1.807) is 0 Å². The van der Waals surface area contributed by atoms with Crippen LogP contribution in [0.3, 0.4) is 0 Å². The summed E-state index contributed by atoms with van der Waals surface area (Å²) in [7, 11) is 1.42. The number of carbonyl (C=O) groups is 1. The summed E-state index contributed by atoms with van der Waals surface area (Å²) in [5.74, 6) is 1.45. The van der Waals surface area contributed by atoms with E-state index in [1.807, 2.05) is 0 Å². The Morgan fingerprint density at radius 1 is 1.18 bits per heavy atom. The highest BCUT2D eigenvalue weighted by Gasteiger charge is 2.06. The molecule has 6 heteroatoms. The normalized spacial score (nSPS) is 12.5. The van der Waals surface area contributed by atoms with Crippen LogP contribution in [0, 0.1) is 5.92 Å². The fourth-order valence-corrected chi connectivity index (χ4v) is 1.88. The van der Waals surface area contributed by atoms with Crippen LogP contribution in [0.25, 0.3) is 0 Å². The van der Waals surface area contributed by atoms with Crippen LogP contribution in [0.1, 0.15) is 59.8 Å². The Morgan fingerprint density at radius 3 is 2.41 bits per heavy atom. The van der Waals surface area contributed by atoms with Crippen LogP contribution in [0.5, 0.6) is 0 Å². The number of hydrogen-bond acceptors (Lipinski definition) is 3. The maximum atomic E-state index is 11.0. The van der Waals surface area contributed by atoms with Gasteiger partial charge in [0.15, 0.2) is 5.96 Å². The van der Waals surface area contributed by atoms with Crippen LogP contribution in [-0.4, -0.2) is 38.2 Å². The summed E-state index contributed by atoms with van der Waals surface area (Å²) in [5, 5.41) is 6.69. The van der Waals surface area contributed by atoms with Crippen molar-refractivity contribution in [2.75, 3.05) is 20.2 Å². The molecule has 0 rings (SSSR count). The van der Waals surface area contributed by atoms with Crippen molar-refractivity contribution in [2.45, 2.75) is 65.8 Å². The molecule has 1 unspecified atom stereocenters. The van der Waals surface area contributed by atoms with Gasteiger partial charge in [-0.05, 0) is 45.4 Å². The fraction of sp³-hybridized carbons (Fsp3) is 0.875. The molecule has 0 radical (unpaired) electrons. The van der Waals surface area contributed by atoms with E-state index in [1.165, 1.54) is 13.5 Å². The van der Waals surface area contributed by atoms with Gasteiger partial charge in [0, 0.05) is 25.6 Å². The summed E-state index contributed by atoms with van der Waals surface area (Å²) in [6.45, 7) is 10.3. The first kappa shape index (κ1) is 23.7. The number of nitrogens with zero attached hydrogens (tertiary/aromatic N) is 1. The van der Waals surface area contributed by atoms with E-state index in [0.717, 1.165) is 44.2 Å². The molecule has 0 heterocycles. The van der Waals surface area contributed by atoms with Gasteiger partial charge in [-0.3, -0.25) is 9.79 Å². The van der Waals surface area contributed by atoms with Gasteiger partial charge in [0.2, 0.25) is 0 Å². The van der Waals surface area contributed by atoms with E-state index in [2.05, 4.69) is 48.1 Å². The van der Waals surface area contributed by atoms with Gasteiger partial charge in [-0.15, -0.1) is 24.0 Å². The topological polar surface area (TPSA) is 62.7 Å². The molecular formula is C16H34IN3O2. The zero-order chi connectivity index (χ0) is 16.1. The first-order valence-corrected chi connectivity index (χ1v) is 8.11. The van der Waals surface area contributed by atoms with Crippen LogP contribution in [0.4, 0.5) is 0 Å². The number of rotatable bonds is 10. The van der Waals surface area contributed by atoms with Crippen LogP contribution in [0.2, 0.25) is 0 Å². The van der Waals surface area contributed by atoms with Crippen molar-refractivity contribution in [1.29, 1.82) is 0 Å². The molecule has 0 amide bonds. The number of ether oxygens (including phenoxy) is 1. The number of methoxy groups -OCH3 is 1. The van der Waals surface area contributed by atoms with E-state index >= 15 is 0 Å². The van der Waals surface area contributed by atoms with Gasteiger partial charge in [0.1, 0.15) is 0 Å². The lowest BCUT2D eigenvalue weighted by Gasteiger charge is -2.18. The second kappa shape index (κ2) is 15.4. The minimum atomic E-state index is -0.147. The van der Waals surface area contributed by atoms with Gasteiger partial charge in [-0.25, -0.2) is 0 Å². The maximum Gasteiger partial charge on any atom is 0.305 e. The quantitative estimate of drug-likeness (QED) is 0.185. The van der Waals surface area contributed by atoms with Crippen LogP contribution >= 0.6 is 24.0 Å². The molecule has 0 saturated carbocycles. The largest absolute Gasteiger partial charge is 0.469 e. The molecule has 0 fully saturated rings. The SMILES string of the molecule is CCNC(=NCCCCC(=O)OC)NC(C)CCC(C)C.I. The van der Waals surface area contributed by atoms with Gasteiger partial charge >= 0.3 is 5.97 Å². The van der Waals surface area contributed by atoms with E-state index in [4.69, 9.17) is 0 Å². The zero-order valence-corrected chi connectivity index (χ0v) is 17.1. The predicted molar refractivity (Wildman–Crippen MR) is 104 cm³/mol. The second-order valence-electron chi connectivity index (χ2n) is 5.81. The van der Waals surface area contributed by atoms with Crippen LogP contribution < -0.4 is 10.6 Å². The average Bonchev–Trinajstić information content (AvgIpc) is 2.44. The number of esters is 1. The van der Waals surface area contributed by atoms with Crippen molar-refractivity contribution in [3.8, 4) is 0 Å². The molecule has 0 aliphatic carbocycles. The molecule has 5 nitrogen and oxygen atoms in total. The third-order valence-corrected chi connectivity index (χ3v) is 3.19. The summed E-state index contributed by atoms with van der Waals surface area (Å²) in [6.07, 6.45) is 4.54. The van der Waals surface area contributed by atoms with Gasteiger partial charge < -0.3 is 15.4 Å². The Hall–Kier alpha value is -0.530. The Labute approximate surface area is 153 Å². The number of halogens is 1. The molecule has 132 valence electrons. The first-order chi connectivity index (χ1) is 9.99. The number of guanidine groups is 1. The lowest BCUT2D eigenvalue weighted by atomic mass is 10.0. The lowest BCUT2D eigenvalue weighted by Crippen LogP contribution is -2.42. The standard InChI is InChI=1S/C16H33N3O2.HI/c1-6-17-16(19-14(4)11-10-13(2)3)18-12-8-7-9-15(20)21-5;/h13-14H,6-12H2,1-5H3,(H2,17,18,19);1H. The first-order valence-electron chi connectivity index (χ1n) is 8.11. The number of carbonyl (C=O) groups excluding carboxylic acids is 1. The summed E-state index contributed by atoms with van der Waals surface area (Å²) in [5.41, 5.74) is 0. The summed E-state index contributed by atoms with van der Waals surface area (Å²) >= 11 is 0. The highest BCUT2D eigenvalue weighted by Crippen LogP contribution is 2.06. The van der Waals surface area contributed by atoms with Crippen molar-refractivity contribution >= 4 is 35.9 Å². The van der Waals surface area contributed by atoms with E-state index in [9.17, 15) is 4.79 Å². The molecular weight excluding hydrogens is 393 g/mol. The highest BCUT2D eigenvalue weighted by atomic mass is 127. The summed E-state index contributed by atoms with van der Waals surface area (Å²) < 4.78 is 4.62. The average molecular weight is 427 g/mol. The Bertz CT molecular complexity index is 310. The van der Waals surface area contributed by atoms with E-state index in [0.29, 0.717) is 12.5 Å².